The van der Waals surface area contributed by atoms with Crippen molar-refractivity contribution in [3.05, 3.63) is 35.9 Å². The van der Waals surface area contributed by atoms with Gasteiger partial charge in [0.25, 0.3) is 0 Å². The zero-order valence-corrected chi connectivity index (χ0v) is 28.6. The van der Waals surface area contributed by atoms with E-state index in [4.69, 9.17) is 5.73 Å². The van der Waals surface area contributed by atoms with Gasteiger partial charge in [0.2, 0.25) is 23.6 Å². The molecule has 46 heavy (non-hydrogen) atoms. The van der Waals surface area contributed by atoms with E-state index < -0.39 is 54.3 Å². The maximum atomic E-state index is 13.6. The van der Waals surface area contributed by atoms with E-state index in [-0.39, 0.29) is 42.7 Å². The van der Waals surface area contributed by atoms with Crippen molar-refractivity contribution in [2.75, 3.05) is 34.3 Å². The second-order valence-corrected chi connectivity index (χ2v) is 13.7. The molecule has 0 aromatic heterocycles. The fourth-order valence-electron chi connectivity index (χ4n) is 5.12. The molecule has 1 aromatic rings. The third kappa shape index (κ3) is 16.1. The number of benzene rings is 1. The van der Waals surface area contributed by atoms with Crippen molar-refractivity contribution < 1.29 is 38.4 Å². The molecule has 0 bridgehead atoms. The summed E-state index contributed by atoms with van der Waals surface area (Å²) in [6, 6.07) is 6.28. The average molecular weight is 647 g/mol. The number of hydrogen-bond donors (Lipinski definition) is 5. The van der Waals surface area contributed by atoms with Gasteiger partial charge in [0.05, 0.1) is 46.4 Å². The summed E-state index contributed by atoms with van der Waals surface area (Å²) in [6.45, 7) is 6.95. The molecule has 5 atom stereocenters. The Morgan fingerprint density at radius 1 is 0.804 bits per heavy atom. The smallest absolute Gasteiger partial charge is 0.242 e. The Balaban J connectivity index is 3.04. The number of quaternary nitrogens is 1. The van der Waals surface area contributed by atoms with Crippen LogP contribution in [0.4, 0.5) is 0 Å². The van der Waals surface area contributed by atoms with Crippen molar-refractivity contribution in [1.29, 1.82) is 0 Å². The number of aliphatic hydroxyl groups is 1. The van der Waals surface area contributed by atoms with Crippen LogP contribution >= 0.6 is 0 Å². The van der Waals surface area contributed by atoms with Gasteiger partial charge in [0.1, 0.15) is 6.04 Å². The number of hydrogen-bond acceptors (Lipinski definition) is 7. The molecule has 0 heterocycles. The van der Waals surface area contributed by atoms with Crippen molar-refractivity contribution in [3.63, 3.8) is 0 Å². The van der Waals surface area contributed by atoms with Crippen LogP contribution in [0.1, 0.15) is 71.8 Å². The molecule has 0 fully saturated rings. The monoisotopic (exact) mass is 646 g/mol. The standard InChI is InChI=1S/C34H55N5O7/c1-22(2)17-27(31(43)20-26(15-11-12-16-39(5,6)7)34(46)38-29(21-40)32(35)44)37-33(45)23(3)18-30(42)28(36-24(4)41)19-25-13-9-8-10-14-25/h8-10,13-14,22-23,26-29,40H,11-12,15-21H2,1-7H3,(H4-,35,36,37,38,41,44,45,46)/p+1/t23?,26-,27+,28+,29+/m1/s1. The lowest BCUT2D eigenvalue weighted by Crippen LogP contribution is -2.50. The van der Waals surface area contributed by atoms with Crippen molar-refractivity contribution in [2.45, 2.75) is 90.8 Å². The van der Waals surface area contributed by atoms with Gasteiger partial charge in [-0.3, -0.25) is 28.8 Å². The van der Waals surface area contributed by atoms with Crippen LogP contribution in [0.15, 0.2) is 30.3 Å². The third-order valence-electron chi connectivity index (χ3n) is 7.71. The Bertz CT molecular complexity index is 1170. The van der Waals surface area contributed by atoms with Crippen molar-refractivity contribution in [1.82, 2.24) is 16.0 Å². The lowest BCUT2D eigenvalue weighted by atomic mass is 9.89. The number of Topliss-reactive ketones (excluding diaryl/α,β-unsaturated/α-hetero) is 2. The molecule has 6 N–H and O–H groups in total. The number of amides is 4. The van der Waals surface area contributed by atoms with Crippen molar-refractivity contribution >= 4 is 35.2 Å². The van der Waals surface area contributed by atoms with Gasteiger partial charge in [0.15, 0.2) is 11.6 Å². The van der Waals surface area contributed by atoms with Crippen LogP contribution in [-0.2, 0) is 35.2 Å². The van der Waals surface area contributed by atoms with Gasteiger partial charge in [-0.05, 0) is 43.6 Å². The highest BCUT2D eigenvalue weighted by Gasteiger charge is 2.32. The van der Waals surface area contributed by atoms with Gasteiger partial charge in [-0.2, -0.15) is 0 Å². The predicted octanol–water partition coefficient (Wildman–Crippen LogP) is 1.27. The normalized spacial score (nSPS) is 14.8. The first kappa shape index (κ1) is 40.4. The molecule has 0 radical (unpaired) electrons. The number of carbonyl (C=O) groups is 6. The highest BCUT2D eigenvalue weighted by molar-refractivity contribution is 5.96. The largest absolute Gasteiger partial charge is 0.394 e. The molecule has 1 aromatic carbocycles. The van der Waals surface area contributed by atoms with Crippen LogP contribution in [-0.4, -0.2) is 97.2 Å². The van der Waals surface area contributed by atoms with E-state index in [2.05, 4.69) is 37.1 Å². The SMILES string of the molecule is CC(=O)N[C@@H](Cc1ccccc1)C(=O)CC(C)C(=O)N[C@@H](CC(C)C)C(=O)C[C@@H](CCCC[N+](C)(C)C)C(=O)N[C@@H](CO)C(N)=O. The summed E-state index contributed by atoms with van der Waals surface area (Å²) in [5.74, 6) is -4.46. The number of aliphatic hydroxyl groups excluding tert-OH is 1. The minimum atomic E-state index is -1.27. The Kier molecular flexibility index (Phi) is 17.4. The van der Waals surface area contributed by atoms with E-state index in [0.717, 1.165) is 23.0 Å². The molecule has 12 heteroatoms. The zero-order chi connectivity index (χ0) is 35.0. The molecule has 0 spiro atoms. The second kappa shape index (κ2) is 19.8. The third-order valence-corrected chi connectivity index (χ3v) is 7.71. The average Bonchev–Trinajstić information content (AvgIpc) is 2.95. The number of nitrogens with zero attached hydrogens (tertiary/aromatic N) is 1. The first-order valence-electron chi connectivity index (χ1n) is 16.1. The van der Waals surface area contributed by atoms with Gasteiger partial charge < -0.3 is 31.3 Å². The lowest BCUT2D eigenvalue weighted by Gasteiger charge is -2.26. The van der Waals surface area contributed by atoms with E-state index in [9.17, 15) is 33.9 Å². The van der Waals surface area contributed by atoms with Crippen molar-refractivity contribution in [2.24, 2.45) is 23.5 Å². The van der Waals surface area contributed by atoms with Gasteiger partial charge in [-0.25, -0.2) is 0 Å². The van der Waals surface area contributed by atoms with E-state index >= 15 is 0 Å². The number of unbranched alkanes of at least 4 members (excludes halogenated alkanes) is 1. The molecule has 12 nitrogen and oxygen atoms in total. The van der Waals surface area contributed by atoms with Gasteiger partial charge in [-0.1, -0.05) is 51.1 Å². The van der Waals surface area contributed by atoms with E-state index in [1.54, 1.807) is 6.92 Å². The fraction of sp³-hybridized carbons (Fsp3) is 0.647. The Labute approximate surface area is 273 Å². The molecule has 1 unspecified atom stereocenters. The highest BCUT2D eigenvalue weighted by atomic mass is 16.3. The summed E-state index contributed by atoms with van der Waals surface area (Å²) in [4.78, 5) is 76.8. The van der Waals surface area contributed by atoms with E-state index in [1.165, 1.54) is 6.92 Å². The van der Waals surface area contributed by atoms with E-state index in [0.29, 0.717) is 19.3 Å². The molecular formula is C34H56N5O7+. The Morgan fingerprint density at radius 3 is 1.91 bits per heavy atom. The molecule has 4 amide bonds. The maximum absolute atomic E-state index is 13.6. The summed E-state index contributed by atoms with van der Waals surface area (Å²) >= 11 is 0. The lowest BCUT2D eigenvalue weighted by molar-refractivity contribution is -0.870. The zero-order valence-electron chi connectivity index (χ0n) is 28.6. The van der Waals surface area contributed by atoms with Crippen LogP contribution in [0.2, 0.25) is 0 Å². The molecule has 0 aliphatic carbocycles. The number of nitrogens with two attached hydrogens (primary N) is 1. The highest BCUT2D eigenvalue weighted by Crippen LogP contribution is 2.19. The van der Waals surface area contributed by atoms with Crippen LogP contribution in [0.3, 0.4) is 0 Å². The number of carbonyl (C=O) groups excluding carboxylic acids is 6. The van der Waals surface area contributed by atoms with Crippen LogP contribution in [0.5, 0.6) is 0 Å². The summed E-state index contributed by atoms with van der Waals surface area (Å²) in [5.41, 5.74) is 6.16. The van der Waals surface area contributed by atoms with Gasteiger partial charge in [0, 0.05) is 31.6 Å². The number of ketones is 2. The minimum Gasteiger partial charge on any atom is -0.394 e. The molecule has 0 aliphatic heterocycles. The number of primary amides is 1. The first-order valence-corrected chi connectivity index (χ1v) is 16.1. The summed E-state index contributed by atoms with van der Waals surface area (Å²) in [5, 5.41) is 17.4. The van der Waals surface area contributed by atoms with Gasteiger partial charge >= 0.3 is 0 Å². The first-order chi connectivity index (χ1) is 21.4. The molecule has 1 rings (SSSR count). The Hall–Kier alpha value is -3.64. The maximum Gasteiger partial charge on any atom is 0.242 e. The quantitative estimate of drug-likeness (QED) is 0.0928. The molecule has 0 saturated heterocycles. The second-order valence-electron chi connectivity index (χ2n) is 13.7. The van der Waals surface area contributed by atoms with Crippen molar-refractivity contribution in [3.8, 4) is 0 Å². The molecule has 258 valence electrons. The molecule has 0 aliphatic rings. The van der Waals surface area contributed by atoms with Crippen LogP contribution < -0.4 is 21.7 Å². The Morgan fingerprint density at radius 2 is 1.39 bits per heavy atom. The summed E-state index contributed by atoms with van der Waals surface area (Å²) in [6.07, 6.45) is 2.12. The van der Waals surface area contributed by atoms with Gasteiger partial charge in [-0.15, -0.1) is 0 Å². The summed E-state index contributed by atoms with van der Waals surface area (Å²) in [7, 11) is 6.18. The van der Waals surface area contributed by atoms with E-state index in [1.807, 2.05) is 44.2 Å². The summed E-state index contributed by atoms with van der Waals surface area (Å²) < 4.78 is 0.741. The number of nitrogens with one attached hydrogen (secondary N) is 3. The van der Waals surface area contributed by atoms with Crippen LogP contribution in [0, 0.1) is 17.8 Å². The number of rotatable bonds is 22. The predicted molar refractivity (Wildman–Crippen MR) is 176 cm³/mol. The molecule has 0 saturated carbocycles. The fourth-order valence-corrected chi connectivity index (χ4v) is 5.12. The topological polar surface area (TPSA) is 185 Å². The molecular weight excluding hydrogens is 590 g/mol. The van der Waals surface area contributed by atoms with Crippen LogP contribution in [0.25, 0.3) is 0 Å². The minimum absolute atomic E-state index is 0.0340.